The highest BCUT2D eigenvalue weighted by molar-refractivity contribution is 14.0. The van der Waals surface area contributed by atoms with Crippen LogP contribution in [0.15, 0.2) is 29.3 Å². The van der Waals surface area contributed by atoms with Gasteiger partial charge in [-0.3, -0.25) is 4.79 Å². The van der Waals surface area contributed by atoms with E-state index in [1.165, 1.54) is 0 Å². The van der Waals surface area contributed by atoms with Crippen LogP contribution in [0.1, 0.15) is 50.0 Å². The number of hydrogen-bond donors (Lipinski definition) is 3. The average molecular weight is 476 g/mol. The lowest BCUT2D eigenvalue weighted by molar-refractivity contribution is 0.0939. The van der Waals surface area contributed by atoms with Crippen LogP contribution >= 0.6 is 24.0 Å². The van der Waals surface area contributed by atoms with E-state index in [2.05, 4.69) is 27.9 Å². The molecule has 1 atom stereocenters. The first-order chi connectivity index (χ1) is 12.1. The Bertz CT molecular complexity index is 552. The van der Waals surface area contributed by atoms with Crippen LogP contribution in [0.3, 0.4) is 0 Å². The number of halogens is 1. The molecule has 0 aliphatic heterocycles. The standard InChI is InChI=1S/C19H32N4O2.HI/c1-5-15(4)23-18(24)17-10-8-9-16(13-17)14-22-19(20-6-2)21-11-12-25-7-3;/h8-10,13,15H,5-7,11-12,14H2,1-4H3,(H,23,24)(H2,20,21,22);1H. The Morgan fingerprint density at radius 3 is 2.65 bits per heavy atom. The molecule has 1 amide bonds. The molecule has 1 rings (SSSR count). The maximum absolute atomic E-state index is 12.2. The summed E-state index contributed by atoms with van der Waals surface area (Å²) in [6.07, 6.45) is 0.912. The number of aliphatic imine (C=N–C) groups is 1. The van der Waals surface area contributed by atoms with Crippen LogP contribution in [-0.4, -0.2) is 44.2 Å². The number of guanidine groups is 1. The van der Waals surface area contributed by atoms with E-state index < -0.39 is 0 Å². The van der Waals surface area contributed by atoms with Crippen LogP contribution in [0, 0.1) is 0 Å². The van der Waals surface area contributed by atoms with E-state index in [-0.39, 0.29) is 35.9 Å². The molecular formula is C19H33IN4O2. The largest absolute Gasteiger partial charge is 0.380 e. The summed E-state index contributed by atoms with van der Waals surface area (Å²) in [5, 5.41) is 9.42. The molecule has 0 aliphatic carbocycles. The highest BCUT2D eigenvalue weighted by Gasteiger charge is 2.08. The number of ether oxygens (including phenoxy) is 1. The molecular weight excluding hydrogens is 443 g/mol. The molecule has 0 heterocycles. The number of nitrogens with zero attached hydrogens (tertiary/aromatic N) is 1. The van der Waals surface area contributed by atoms with E-state index in [4.69, 9.17) is 4.74 Å². The number of amides is 1. The van der Waals surface area contributed by atoms with Crippen molar-refractivity contribution in [2.75, 3.05) is 26.3 Å². The maximum Gasteiger partial charge on any atom is 0.251 e. The second-order valence-electron chi connectivity index (χ2n) is 5.80. The van der Waals surface area contributed by atoms with Crippen molar-refractivity contribution >= 4 is 35.8 Å². The molecule has 1 aromatic rings. The number of benzene rings is 1. The molecule has 0 radical (unpaired) electrons. The fourth-order valence-electron chi connectivity index (χ4n) is 2.12. The van der Waals surface area contributed by atoms with Crippen molar-refractivity contribution in [3.63, 3.8) is 0 Å². The molecule has 3 N–H and O–H groups in total. The topological polar surface area (TPSA) is 74.8 Å². The van der Waals surface area contributed by atoms with Gasteiger partial charge in [-0.15, -0.1) is 24.0 Å². The quantitative estimate of drug-likeness (QED) is 0.210. The molecule has 26 heavy (non-hydrogen) atoms. The second kappa shape index (κ2) is 14.8. The molecule has 7 heteroatoms. The van der Waals surface area contributed by atoms with Crippen LogP contribution in [0.25, 0.3) is 0 Å². The predicted molar refractivity (Wildman–Crippen MR) is 118 cm³/mol. The Morgan fingerprint density at radius 1 is 1.23 bits per heavy atom. The maximum atomic E-state index is 12.2. The van der Waals surface area contributed by atoms with Crippen molar-refractivity contribution in [2.24, 2.45) is 4.99 Å². The normalized spacial score (nSPS) is 12.1. The summed E-state index contributed by atoms with van der Waals surface area (Å²) in [7, 11) is 0. The summed E-state index contributed by atoms with van der Waals surface area (Å²) in [5.74, 6) is 0.707. The van der Waals surface area contributed by atoms with Gasteiger partial charge in [0.05, 0.1) is 13.2 Å². The Hall–Kier alpha value is -1.35. The monoisotopic (exact) mass is 476 g/mol. The lowest BCUT2D eigenvalue weighted by atomic mass is 10.1. The highest BCUT2D eigenvalue weighted by atomic mass is 127. The van der Waals surface area contributed by atoms with Crippen molar-refractivity contribution in [3.05, 3.63) is 35.4 Å². The van der Waals surface area contributed by atoms with Gasteiger partial charge >= 0.3 is 0 Å². The zero-order chi connectivity index (χ0) is 18.5. The Labute approximate surface area is 174 Å². The van der Waals surface area contributed by atoms with Crippen LogP contribution in [0.2, 0.25) is 0 Å². The number of nitrogens with one attached hydrogen (secondary N) is 3. The van der Waals surface area contributed by atoms with Crippen LogP contribution in [0.5, 0.6) is 0 Å². The molecule has 0 fully saturated rings. The third-order valence-corrected chi connectivity index (χ3v) is 3.69. The van der Waals surface area contributed by atoms with Crippen LogP contribution in [-0.2, 0) is 11.3 Å². The van der Waals surface area contributed by atoms with Gasteiger partial charge in [-0.05, 0) is 44.9 Å². The number of hydrogen-bond acceptors (Lipinski definition) is 3. The van der Waals surface area contributed by atoms with Gasteiger partial charge < -0.3 is 20.7 Å². The number of carbonyl (C=O) groups excluding carboxylic acids is 1. The molecule has 148 valence electrons. The van der Waals surface area contributed by atoms with Crippen molar-refractivity contribution in [1.29, 1.82) is 0 Å². The SMILES string of the molecule is CCNC(=NCc1cccc(C(=O)NC(C)CC)c1)NCCOCC.I. The van der Waals surface area contributed by atoms with Gasteiger partial charge in [-0.1, -0.05) is 19.1 Å². The zero-order valence-electron chi connectivity index (χ0n) is 16.3. The van der Waals surface area contributed by atoms with Gasteiger partial charge in [0.1, 0.15) is 0 Å². The Balaban J connectivity index is 0.00000625. The number of rotatable bonds is 10. The van der Waals surface area contributed by atoms with Gasteiger partial charge in [-0.2, -0.15) is 0 Å². The summed E-state index contributed by atoms with van der Waals surface area (Å²) in [6.45, 7) is 11.4. The number of carbonyl (C=O) groups is 1. The molecule has 0 aliphatic rings. The molecule has 6 nitrogen and oxygen atoms in total. The van der Waals surface area contributed by atoms with Gasteiger partial charge in [0.25, 0.3) is 5.91 Å². The molecule has 0 bridgehead atoms. The van der Waals surface area contributed by atoms with Crippen molar-refractivity contribution < 1.29 is 9.53 Å². The van der Waals surface area contributed by atoms with E-state index in [9.17, 15) is 4.79 Å². The fourth-order valence-corrected chi connectivity index (χ4v) is 2.12. The first-order valence-electron chi connectivity index (χ1n) is 9.10. The van der Waals surface area contributed by atoms with Crippen LogP contribution in [0.4, 0.5) is 0 Å². The highest BCUT2D eigenvalue weighted by Crippen LogP contribution is 2.07. The third kappa shape index (κ3) is 9.96. The summed E-state index contributed by atoms with van der Waals surface area (Å²) < 4.78 is 5.32. The average Bonchev–Trinajstić information content (AvgIpc) is 2.63. The first-order valence-corrected chi connectivity index (χ1v) is 9.10. The minimum absolute atomic E-state index is 0. The van der Waals surface area contributed by atoms with E-state index in [0.717, 1.165) is 24.5 Å². The lowest BCUT2D eigenvalue weighted by Crippen LogP contribution is -2.39. The summed E-state index contributed by atoms with van der Waals surface area (Å²) in [4.78, 5) is 16.8. The van der Waals surface area contributed by atoms with Crippen molar-refractivity contribution in [3.8, 4) is 0 Å². The zero-order valence-corrected chi connectivity index (χ0v) is 18.6. The first kappa shape index (κ1) is 24.7. The molecule has 0 aromatic heterocycles. The molecule has 0 spiro atoms. The molecule has 0 saturated carbocycles. The minimum atomic E-state index is -0.0399. The summed E-state index contributed by atoms with van der Waals surface area (Å²) in [6, 6.07) is 7.77. The van der Waals surface area contributed by atoms with Crippen molar-refractivity contribution in [2.45, 2.75) is 46.7 Å². The summed E-state index contributed by atoms with van der Waals surface area (Å²) in [5.41, 5.74) is 1.67. The Morgan fingerprint density at radius 2 is 2.00 bits per heavy atom. The van der Waals surface area contributed by atoms with E-state index in [1.807, 2.05) is 45.0 Å². The Kier molecular flexibility index (Phi) is 14.0. The van der Waals surface area contributed by atoms with E-state index in [0.29, 0.717) is 31.9 Å². The van der Waals surface area contributed by atoms with Crippen molar-refractivity contribution in [1.82, 2.24) is 16.0 Å². The van der Waals surface area contributed by atoms with E-state index in [1.54, 1.807) is 0 Å². The third-order valence-electron chi connectivity index (χ3n) is 3.69. The molecule has 1 aromatic carbocycles. The smallest absolute Gasteiger partial charge is 0.251 e. The van der Waals surface area contributed by atoms with E-state index >= 15 is 0 Å². The lowest BCUT2D eigenvalue weighted by Gasteiger charge is -2.12. The minimum Gasteiger partial charge on any atom is -0.380 e. The molecule has 1 unspecified atom stereocenters. The molecule has 0 saturated heterocycles. The van der Waals surface area contributed by atoms with Gasteiger partial charge in [-0.25, -0.2) is 4.99 Å². The summed E-state index contributed by atoms with van der Waals surface area (Å²) >= 11 is 0. The van der Waals surface area contributed by atoms with Gasteiger partial charge in [0.2, 0.25) is 0 Å². The second-order valence-corrected chi connectivity index (χ2v) is 5.80. The van der Waals surface area contributed by atoms with Gasteiger partial charge in [0.15, 0.2) is 5.96 Å². The predicted octanol–water partition coefficient (Wildman–Crippen LogP) is 2.92. The van der Waals surface area contributed by atoms with Gasteiger partial charge in [0, 0.05) is 31.3 Å². The van der Waals surface area contributed by atoms with Crippen LogP contribution < -0.4 is 16.0 Å². The fraction of sp³-hybridized carbons (Fsp3) is 0.579.